The summed E-state index contributed by atoms with van der Waals surface area (Å²) < 4.78 is 32.6. The number of carboxylic acids is 1. The van der Waals surface area contributed by atoms with Gasteiger partial charge in [0.2, 0.25) is 0 Å². The molecule has 0 aliphatic rings. The van der Waals surface area contributed by atoms with E-state index in [1.807, 2.05) is 0 Å². The summed E-state index contributed by atoms with van der Waals surface area (Å²) in [7, 11) is 0. The first kappa shape index (κ1) is 2.54. The smallest absolute Gasteiger partial charge is 0.548 e. The van der Waals surface area contributed by atoms with Crippen molar-refractivity contribution in [3.8, 4) is 0 Å². The molecule has 7 heavy (non-hydrogen) atoms. The second-order valence-corrected chi connectivity index (χ2v) is 0.722. The largest absolute Gasteiger partial charge is 1.00 e. The molecule has 0 unspecified atom stereocenters. The molecule has 0 heterocycles. The standard InChI is InChI=1S/C3H7NO2.Li/c1-2(4)3(5)6;/h2H,4H2,1H3,(H,5,6);/q;+1/p-1/t2-;/m1./s1/i1D3;/hD2. The van der Waals surface area contributed by atoms with Gasteiger partial charge in [-0.05, 0) is 6.85 Å². The van der Waals surface area contributed by atoms with Crippen molar-refractivity contribution >= 4 is 5.97 Å². The molecule has 36 valence electrons. The average molecular weight is 100 g/mol. The van der Waals surface area contributed by atoms with Crippen molar-refractivity contribution in [3.63, 3.8) is 0 Å². The second kappa shape index (κ2) is 4.19. The first-order valence-corrected chi connectivity index (χ1v) is 1.24. The van der Waals surface area contributed by atoms with E-state index in [0.717, 1.165) is 0 Å². The zero-order valence-electron chi connectivity index (χ0n) is 8.84. The topological polar surface area (TPSA) is 66.2 Å². The molecule has 0 amide bonds. The third-order valence-corrected chi connectivity index (χ3v) is 0.223. The summed E-state index contributed by atoms with van der Waals surface area (Å²) in [6.07, 6.45) is 0. The molecular weight excluding hydrogens is 89.0 g/mol. The number of nitrogens with two attached hydrogens (primary N) is 1. The van der Waals surface area contributed by atoms with Crippen molar-refractivity contribution in [1.82, 2.24) is 0 Å². The van der Waals surface area contributed by atoms with Crippen LogP contribution in [-0.2, 0) is 4.79 Å². The molecule has 0 spiro atoms. The molecule has 0 aromatic heterocycles. The molecule has 0 fully saturated rings. The molecule has 0 aromatic rings. The fourth-order valence-corrected chi connectivity index (χ4v) is 0. The van der Waals surface area contributed by atoms with Gasteiger partial charge in [-0.3, -0.25) is 0 Å². The van der Waals surface area contributed by atoms with Gasteiger partial charge in [0.15, 0.2) is 0 Å². The summed E-state index contributed by atoms with van der Waals surface area (Å²) >= 11 is 0. The second-order valence-electron chi connectivity index (χ2n) is 0.722. The number of rotatable bonds is 2. The van der Waals surface area contributed by atoms with Crippen molar-refractivity contribution in [2.24, 2.45) is 5.72 Å². The Balaban J connectivity index is 0. The molecule has 0 rings (SSSR count). The SMILES string of the molecule is [2H]N([2H])[C@@H](C(=O)[O-])C([2H])([2H])[2H].[Li+]. The number of carbonyl (C=O) groups excluding carboxylic acids is 1. The van der Waals surface area contributed by atoms with Crippen molar-refractivity contribution in [2.75, 3.05) is 0 Å². The molecule has 0 aromatic carbocycles. The van der Waals surface area contributed by atoms with Gasteiger partial charge in [0, 0.05) is 10.2 Å². The van der Waals surface area contributed by atoms with E-state index < -0.39 is 24.6 Å². The third kappa shape index (κ3) is 6.03. The van der Waals surface area contributed by atoms with Crippen LogP contribution in [0.25, 0.3) is 0 Å². The number of hydrogen-bond acceptors (Lipinski definition) is 3. The van der Waals surface area contributed by atoms with Crippen molar-refractivity contribution < 1.29 is 35.7 Å². The van der Waals surface area contributed by atoms with E-state index in [1.165, 1.54) is 0 Å². The molecule has 0 aliphatic carbocycles. The van der Waals surface area contributed by atoms with Crippen molar-refractivity contribution in [3.05, 3.63) is 0 Å². The summed E-state index contributed by atoms with van der Waals surface area (Å²) in [5, 5.41) is 10.0. The van der Waals surface area contributed by atoms with Gasteiger partial charge in [-0.1, -0.05) is 0 Å². The number of aliphatic carboxylic acids is 1. The fraction of sp³-hybridized carbons (Fsp3) is 0.667. The summed E-state index contributed by atoms with van der Waals surface area (Å²) in [5.41, 5.74) is -0.400. The van der Waals surface area contributed by atoms with Gasteiger partial charge in [0.05, 0.1) is 5.97 Å². The first-order chi connectivity index (χ1) is 4.76. The molecule has 0 saturated carbocycles. The van der Waals surface area contributed by atoms with E-state index in [2.05, 4.69) is 0 Å². The third-order valence-electron chi connectivity index (χ3n) is 0.223. The van der Waals surface area contributed by atoms with E-state index >= 15 is 0 Å². The Morgan fingerprint density at radius 1 is 2.29 bits per heavy atom. The van der Waals surface area contributed by atoms with Gasteiger partial charge in [0.25, 0.3) is 0 Å². The van der Waals surface area contributed by atoms with Crippen LogP contribution in [0.5, 0.6) is 0 Å². The Kier molecular flexibility index (Phi) is 1.52. The quantitative estimate of drug-likeness (QED) is 0.354. The van der Waals surface area contributed by atoms with Crippen LogP contribution in [-0.4, -0.2) is 12.0 Å². The molecule has 2 N–H and O–H groups in total. The average Bonchev–Trinajstić information content (AvgIpc) is 1.54. The molecule has 4 heteroatoms. The zero-order chi connectivity index (χ0) is 9.23. The van der Waals surface area contributed by atoms with E-state index in [4.69, 9.17) is 6.94 Å². The Labute approximate surface area is 61.2 Å². The molecule has 0 radical (unpaired) electrons. The van der Waals surface area contributed by atoms with Crippen LogP contribution in [0.1, 0.15) is 11.0 Å². The van der Waals surface area contributed by atoms with Gasteiger partial charge in [-0.15, -0.1) is 0 Å². The van der Waals surface area contributed by atoms with Gasteiger partial charge in [0.1, 0.15) is 2.82 Å². The van der Waals surface area contributed by atoms with Crippen molar-refractivity contribution in [1.29, 1.82) is 0 Å². The van der Waals surface area contributed by atoms with Crippen molar-refractivity contribution in [2.45, 2.75) is 12.9 Å². The van der Waals surface area contributed by atoms with Crippen LogP contribution >= 0.6 is 0 Å². The fourth-order valence-electron chi connectivity index (χ4n) is 0. The molecule has 0 bridgehead atoms. The van der Waals surface area contributed by atoms with Crippen LogP contribution in [0.3, 0.4) is 0 Å². The predicted molar refractivity (Wildman–Crippen MR) is 18.7 cm³/mol. The minimum atomic E-state index is -2.90. The van der Waals surface area contributed by atoms with Gasteiger partial charge >= 0.3 is 18.9 Å². The van der Waals surface area contributed by atoms with Crippen LogP contribution < -0.4 is 29.7 Å². The van der Waals surface area contributed by atoms with E-state index in [0.29, 0.717) is 0 Å². The number of hydrogen-bond donors (Lipinski definition) is 1. The van der Waals surface area contributed by atoms with Crippen LogP contribution in [0, 0.1) is 0 Å². The Hall–Kier alpha value is 0.0274. The monoisotopic (exact) mass is 100 g/mol. The minimum absolute atomic E-state index is 0. The summed E-state index contributed by atoms with van der Waals surface area (Å²) in [6.45, 7) is -2.90. The Morgan fingerprint density at radius 2 is 2.86 bits per heavy atom. The minimum Gasteiger partial charge on any atom is -0.548 e. The number of carboxylic acid groups (broad SMARTS) is 1. The predicted octanol–water partition coefficient (Wildman–Crippen LogP) is -4.91. The molecule has 1 atom stereocenters. The maximum Gasteiger partial charge on any atom is 1.00 e. The Morgan fingerprint density at radius 3 is 2.86 bits per heavy atom. The number of carbonyl (C=O) groups is 1. The van der Waals surface area contributed by atoms with E-state index in [1.54, 1.807) is 0 Å². The van der Waals surface area contributed by atoms with Gasteiger partial charge < -0.3 is 15.6 Å². The van der Waals surface area contributed by atoms with Crippen LogP contribution in [0.2, 0.25) is 2.82 Å². The Bertz CT molecular complexity index is 159. The van der Waals surface area contributed by atoms with E-state index in [-0.39, 0.29) is 18.9 Å². The summed E-state index contributed by atoms with van der Waals surface area (Å²) in [6, 6.07) is -2.19. The molecule has 0 aliphatic heterocycles. The maximum absolute atomic E-state index is 10.0. The maximum atomic E-state index is 10.0. The molecule has 0 saturated heterocycles. The summed E-state index contributed by atoms with van der Waals surface area (Å²) in [5.74, 6) is -1.95. The zero-order valence-corrected chi connectivity index (χ0v) is 3.84. The molecular formula is C3H6LiNO2. The van der Waals surface area contributed by atoms with E-state index in [9.17, 15) is 9.90 Å². The normalized spacial score (nSPS) is 24.4. The van der Waals surface area contributed by atoms with Gasteiger partial charge in [-0.25, -0.2) is 0 Å². The summed E-state index contributed by atoms with van der Waals surface area (Å²) in [4.78, 5) is 10.0. The first-order valence-electron chi connectivity index (χ1n) is 3.64. The van der Waals surface area contributed by atoms with Crippen LogP contribution in [0.15, 0.2) is 0 Å². The molecule has 3 nitrogen and oxygen atoms in total. The van der Waals surface area contributed by atoms with Gasteiger partial charge in [-0.2, -0.15) is 0 Å². The van der Waals surface area contributed by atoms with Crippen LogP contribution in [0.4, 0.5) is 0 Å².